The molecule has 5 heteroatoms. The molecule has 1 aromatic heterocycles. The average molecular weight is 250 g/mol. The molecule has 0 saturated carbocycles. The van der Waals surface area contributed by atoms with Crippen molar-refractivity contribution >= 4 is 11.6 Å². The van der Waals surface area contributed by atoms with E-state index in [0.29, 0.717) is 31.7 Å². The van der Waals surface area contributed by atoms with Crippen LogP contribution in [0.15, 0.2) is 10.9 Å². The van der Waals surface area contributed by atoms with Crippen molar-refractivity contribution in [2.45, 2.75) is 26.7 Å². The summed E-state index contributed by atoms with van der Waals surface area (Å²) in [7, 11) is 0. The fourth-order valence-electron chi connectivity index (χ4n) is 2.01. The summed E-state index contributed by atoms with van der Waals surface area (Å²) in [5, 5.41) is 2.71. The highest BCUT2D eigenvalue weighted by Gasteiger charge is 2.22. The van der Waals surface area contributed by atoms with Crippen molar-refractivity contribution in [1.82, 2.24) is 4.98 Å². The molecule has 18 heavy (non-hydrogen) atoms. The molecule has 1 saturated heterocycles. The molecule has 1 fully saturated rings. The van der Waals surface area contributed by atoms with Gasteiger partial charge >= 0.3 is 0 Å². The number of carbonyl (C=O) groups is 1. The van der Waals surface area contributed by atoms with Gasteiger partial charge in [-0.25, -0.2) is 0 Å². The maximum absolute atomic E-state index is 12.0. The van der Waals surface area contributed by atoms with Gasteiger partial charge in [-0.15, -0.1) is 0 Å². The highest BCUT2D eigenvalue weighted by Crippen LogP contribution is 2.16. The Morgan fingerprint density at radius 1 is 1.39 bits per heavy atom. The molecule has 2 heterocycles. The predicted molar refractivity (Wildman–Crippen MR) is 68.7 cm³/mol. The fraction of sp³-hybridized carbons (Fsp3) is 0.538. The predicted octanol–water partition coefficient (Wildman–Crippen LogP) is 1.36. The molecule has 0 bridgehead atoms. The summed E-state index contributed by atoms with van der Waals surface area (Å²) in [4.78, 5) is 26.4. The third kappa shape index (κ3) is 2.79. The Morgan fingerprint density at radius 3 is 2.72 bits per heavy atom. The van der Waals surface area contributed by atoms with E-state index in [1.807, 2.05) is 13.8 Å². The Morgan fingerprint density at radius 2 is 2.06 bits per heavy atom. The molecule has 0 spiro atoms. The lowest BCUT2D eigenvalue weighted by molar-refractivity contribution is -0.122. The molecular formula is C13H18N2O3. The van der Waals surface area contributed by atoms with Crippen LogP contribution < -0.4 is 10.9 Å². The van der Waals surface area contributed by atoms with Gasteiger partial charge in [0.15, 0.2) is 0 Å². The van der Waals surface area contributed by atoms with Crippen LogP contribution in [0.5, 0.6) is 0 Å². The van der Waals surface area contributed by atoms with Crippen LogP contribution in [-0.4, -0.2) is 24.1 Å². The molecule has 1 aromatic rings. The van der Waals surface area contributed by atoms with Crippen LogP contribution in [0.2, 0.25) is 0 Å². The number of H-pyrrole nitrogens is 1. The normalized spacial score (nSPS) is 16.6. The molecule has 1 amide bonds. The molecule has 98 valence electrons. The summed E-state index contributed by atoms with van der Waals surface area (Å²) in [6, 6.07) is 1.71. The van der Waals surface area contributed by atoms with E-state index in [1.54, 1.807) is 6.07 Å². The third-order valence-electron chi connectivity index (χ3n) is 3.35. The molecular weight excluding hydrogens is 232 g/mol. The number of hydrogen-bond acceptors (Lipinski definition) is 3. The summed E-state index contributed by atoms with van der Waals surface area (Å²) in [6.45, 7) is 4.96. The SMILES string of the molecule is Cc1cc(NC(=O)C2CCOCC2)c(=O)[nH]c1C. The summed E-state index contributed by atoms with van der Waals surface area (Å²) in [6.07, 6.45) is 1.43. The second kappa shape index (κ2) is 5.35. The lowest BCUT2D eigenvalue weighted by Gasteiger charge is -2.21. The van der Waals surface area contributed by atoms with Crippen LogP contribution >= 0.6 is 0 Å². The maximum Gasteiger partial charge on any atom is 0.271 e. The molecule has 0 aromatic carbocycles. The number of aromatic nitrogens is 1. The first-order valence-electron chi connectivity index (χ1n) is 6.17. The number of pyridine rings is 1. The molecule has 2 N–H and O–H groups in total. The molecule has 1 aliphatic heterocycles. The zero-order chi connectivity index (χ0) is 13.1. The maximum atomic E-state index is 12.0. The van der Waals surface area contributed by atoms with Crippen LogP contribution in [-0.2, 0) is 9.53 Å². The standard InChI is InChI=1S/C13H18N2O3/c1-8-7-11(13(17)14-9(8)2)15-12(16)10-3-5-18-6-4-10/h7,10H,3-6H2,1-2H3,(H,14,17)(H,15,16). The van der Waals surface area contributed by atoms with Crippen LogP contribution in [0.4, 0.5) is 5.69 Å². The first-order valence-corrected chi connectivity index (χ1v) is 6.17. The zero-order valence-corrected chi connectivity index (χ0v) is 10.7. The number of carbonyl (C=O) groups excluding carboxylic acids is 1. The van der Waals surface area contributed by atoms with Gasteiger partial charge < -0.3 is 15.0 Å². The number of aromatic amines is 1. The van der Waals surface area contributed by atoms with Gasteiger partial charge in [0.2, 0.25) is 5.91 Å². The van der Waals surface area contributed by atoms with Crippen molar-refractivity contribution in [3.05, 3.63) is 27.7 Å². The zero-order valence-electron chi connectivity index (χ0n) is 10.7. The number of nitrogens with one attached hydrogen (secondary N) is 2. The number of ether oxygens (including phenoxy) is 1. The summed E-state index contributed by atoms with van der Waals surface area (Å²) in [5.41, 5.74) is 1.86. The van der Waals surface area contributed by atoms with Crippen molar-refractivity contribution in [1.29, 1.82) is 0 Å². The third-order valence-corrected chi connectivity index (χ3v) is 3.35. The topological polar surface area (TPSA) is 71.2 Å². The number of amides is 1. The lowest BCUT2D eigenvalue weighted by atomic mass is 9.99. The van der Waals surface area contributed by atoms with Gasteiger partial charge in [0.25, 0.3) is 5.56 Å². The van der Waals surface area contributed by atoms with Gasteiger partial charge in [0.1, 0.15) is 5.69 Å². The minimum Gasteiger partial charge on any atom is -0.381 e. The van der Waals surface area contributed by atoms with E-state index in [2.05, 4.69) is 10.3 Å². The smallest absolute Gasteiger partial charge is 0.271 e. The molecule has 5 nitrogen and oxygen atoms in total. The fourth-order valence-corrected chi connectivity index (χ4v) is 2.01. The van der Waals surface area contributed by atoms with Gasteiger partial charge in [-0.2, -0.15) is 0 Å². The van der Waals surface area contributed by atoms with Crippen molar-refractivity contribution < 1.29 is 9.53 Å². The Bertz CT molecular complexity index is 501. The summed E-state index contributed by atoms with van der Waals surface area (Å²) < 4.78 is 5.21. The number of rotatable bonds is 2. The van der Waals surface area contributed by atoms with Gasteiger partial charge in [-0.3, -0.25) is 9.59 Å². The van der Waals surface area contributed by atoms with Crippen molar-refractivity contribution in [2.24, 2.45) is 5.92 Å². The highest BCUT2D eigenvalue weighted by atomic mass is 16.5. The minimum absolute atomic E-state index is 0.0558. The van der Waals surface area contributed by atoms with E-state index in [1.165, 1.54) is 0 Å². The molecule has 2 rings (SSSR count). The minimum atomic E-state index is -0.251. The summed E-state index contributed by atoms with van der Waals surface area (Å²) >= 11 is 0. The Hall–Kier alpha value is -1.62. The second-order valence-corrected chi connectivity index (χ2v) is 4.70. The molecule has 0 aliphatic carbocycles. The van der Waals surface area contributed by atoms with Gasteiger partial charge in [0, 0.05) is 24.8 Å². The van der Waals surface area contributed by atoms with Gasteiger partial charge in [-0.05, 0) is 38.3 Å². The van der Waals surface area contributed by atoms with E-state index in [0.717, 1.165) is 11.3 Å². The first kappa shape index (κ1) is 12.8. The van der Waals surface area contributed by atoms with Crippen molar-refractivity contribution in [3.63, 3.8) is 0 Å². The number of hydrogen-bond donors (Lipinski definition) is 2. The second-order valence-electron chi connectivity index (χ2n) is 4.70. The van der Waals surface area contributed by atoms with Crippen molar-refractivity contribution in [2.75, 3.05) is 18.5 Å². The average Bonchev–Trinajstić information content (AvgIpc) is 2.37. The van der Waals surface area contributed by atoms with E-state index in [9.17, 15) is 9.59 Å². The van der Waals surface area contributed by atoms with E-state index < -0.39 is 0 Å². The monoisotopic (exact) mass is 250 g/mol. The first-order chi connectivity index (χ1) is 8.58. The molecule has 0 atom stereocenters. The van der Waals surface area contributed by atoms with Crippen molar-refractivity contribution in [3.8, 4) is 0 Å². The quantitative estimate of drug-likeness (QED) is 0.832. The number of anilines is 1. The van der Waals surface area contributed by atoms with Crippen LogP contribution in [0, 0.1) is 19.8 Å². The van der Waals surface area contributed by atoms with Crippen LogP contribution in [0.3, 0.4) is 0 Å². The van der Waals surface area contributed by atoms with Crippen LogP contribution in [0.1, 0.15) is 24.1 Å². The molecule has 0 radical (unpaired) electrons. The Balaban J connectivity index is 2.11. The Kier molecular flexibility index (Phi) is 3.81. The van der Waals surface area contributed by atoms with E-state index >= 15 is 0 Å². The number of aryl methyl sites for hydroxylation is 2. The van der Waals surface area contributed by atoms with Gasteiger partial charge in [0.05, 0.1) is 0 Å². The molecule has 1 aliphatic rings. The largest absolute Gasteiger partial charge is 0.381 e. The van der Waals surface area contributed by atoms with Crippen LogP contribution in [0.25, 0.3) is 0 Å². The Labute approximate surface area is 106 Å². The van der Waals surface area contributed by atoms with E-state index in [4.69, 9.17) is 4.74 Å². The summed E-state index contributed by atoms with van der Waals surface area (Å²) in [5.74, 6) is -0.146. The van der Waals surface area contributed by atoms with E-state index in [-0.39, 0.29) is 17.4 Å². The van der Waals surface area contributed by atoms with Gasteiger partial charge in [-0.1, -0.05) is 0 Å². The molecule has 0 unspecified atom stereocenters. The highest BCUT2D eigenvalue weighted by molar-refractivity contribution is 5.92. The lowest BCUT2D eigenvalue weighted by Crippen LogP contribution is -2.30.